The second-order valence-corrected chi connectivity index (χ2v) is 5.20. The summed E-state index contributed by atoms with van der Waals surface area (Å²) in [5.74, 6) is 0.764. The zero-order valence-corrected chi connectivity index (χ0v) is 13.1. The van der Waals surface area contributed by atoms with Crippen molar-refractivity contribution in [3.63, 3.8) is 0 Å². The predicted molar refractivity (Wildman–Crippen MR) is 80.0 cm³/mol. The first-order valence-corrected chi connectivity index (χ1v) is 6.82. The molecule has 1 atom stereocenters. The molecule has 0 aliphatic rings. The van der Waals surface area contributed by atoms with Crippen LogP contribution in [0.25, 0.3) is 0 Å². The van der Waals surface area contributed by atoms with Crippen molar-refractivity contribution in [3.05, 3.63) is 45.7 Å². The maximum Gasteiger partial charge on any atom is 0.240 e. The lowest BCUT2D eigenvalue weighted by molar-refractivity contribution is 0.355. The largest absolute Gasteiger partial charge is 0.480 e. The molecule has 106 valence electrons. The summed E-state index contributed by atoms with van der Waals surface area (Å²) in [6.45, 7) is 2.01. The molecule has 2 N–H and O–H groups in total. The Hall–Kier alpha value is -1.66. The molecule has 6 heteroatoms. The van der Waals surface area contributed by atoms with Gasteiger partial charge in [0, 0.05) is 4.47 Å². The molecule has 5 nitrogen and oxygen atoms in total. The van der Waals surface area contributed by atoms with Crippen LogP contribution in [0, 0.1) is 6.92 Å². The molecule has 0 saturated heterocycles. The van der Waals surface area contributed by atoms with E-state index in [1.54, 1.807) is 0 Å². The highest BCUT2D eigenvalue weighted by Gasteiger charge is 2.19. The minimum absolute atomic E-state index is 0.372. The molecule has 1 aromatic carbocycles. The van der Waals surface area contributed by atoms with Crippen molar-refractivity contribution in [1.29, 1.82) is 0 Å². The Bertz CT molecular complexity index is 619. The number of nitrogens with zero attached hydrogens (tertiary/aromatic N) is 2. The number of ether oxygens (including phenoxy) is 2. The standard InChI is InChI=1S/C14H16BrN3O2/c1-8-4-5-9(15)6-10(8)12(16)13-14(20-3)18-11(19-2)7-17-13/h4-7,12H,16H2,1-3H3. The number of rotatable bonds is 4. The second-order valence-electron chi connectivity index (χ2n) is 4.29. The topological polar surface area (TPSA) is 70.3 Å². The van der Waals surface area contributed by atoms with Crippen molar-refractivity contribution in [3.8, 4) is 11.8 Å². The molecule has 1 unspecified atom stereocenters. The number of halogens is 1. The summed E-state index contributed by atoms with van der Waals surface area (Å²) < 4.78 is 11.3. The van der Waals surface area contributed by atoms with Gasteiger partial charge in [-0.2, -0.15) is 4.98 Å². The molecule has 0 spiro atoms. The Morgan fingerprint density at radius 2 is 2.00 bits per heavy atom. The Labute approximate surface area is 126 Å². The van der Waals surface area contributed by atoms with Crippen molar-refractivity contribution in [1.82, 2.24) is 9.97 Å². The molecule has 0 aliphatic carbocycles. The molecule has 2 rings (SSSR count). The summed E-state index contributed by atoms with van der Waals surface area (Å²) in [6.07, 6.45) is 1.53. The summed E-state index contributed by atoms with van der Waals surface area (Å²) in [6, 6.07) is 5.54. The van der Waals surface area contributed by atoms with Gasteiger partial charge in [-0.05, 0) is 30.2 Å². The minimum atomic E-state index is -0.416. The van der Waals surface area contributed by atoms with Gasteiger partial charge in [0.15, 0.2) is 0 Å². The van der Waals surface area contributed by atoms with Crippen molar-refractivity contribution < 1.29 is 9.47 Å². The van der Waals surface area contributed by atoms with E-state index in [9.17, 15) is 0 Å². The van der Waals surface area contributed by atoms with Crippen molar-refractivity contribution in [2.75, 3.05) is 14.2 Å². The smallest absolute Gasteiger partial charge is 0.240 e. The molecule has 1 aromatic heterocycles. The molecule has 1 heterocycles. The molecule has 0 fully saturated rings. The van der Waals surface area contributed by atoms with Crippen LogP contribution in [0.4, 0.5) is 0 Å². The van der Waals surface area contributed by atoms with Gasteiger partial charge >= 0.3 is 0 Å². The van der Waals surface area contributed by atoms with Crippen LogP contribution in [-0.2, 0) is 0 Å². The van der Waals surface area contributed by atoms with Crippen LogP contribution in [0.2, 0.25) is 0 Å². The van der Waals surface area contributed by atoms with Crippen LogP contribution in [0.5, 0.6) is 11.8 Å². The van der Waals surface area contributed by atoms with E-state index in [1.165, 1.54) is 20.4 Å². The quantitative estimate of drug-likeness (QED) is 0.928. The predicted octanol–water partition coefficient (Wildman–Crippen LogP) is 2.61. The van der Waals surface area contributed by atoms with Crippen LogP contribution < -0.4 is 15.2 Å². The maximum absolute atomic E-state index is 6.31. The van der Waals surface area contributed by atoms with Gasteiger partial charge in [0.05, 0.1) is 26.5 Å². The fourth-order valence-electron chi connectivity index (χ4n) is 1.92. The number of methoxy groups -OCH3 is 2. The van der Waals surface area contributed by atoms with Gasteiger partial charge in [-0.25, -0.2) is 4.98 Å². The molecule has 0 saturated carbocycles. The first kappa shape index (κ1) is 14.7. The zero-order chi connectivity index (χ0) is 14.7. The van der Waals surface area contributed by atoms with Crippen LogP contribution >= 0.6 is 15.9 Å². The van der Waals surface area contributed by atoms with Crippen molar-refractivity contribution >= 4 is 15.9 Å². The highest BCUT2D eigenvalue weighted by Crippen LogP contribution is 2.29. The maximum atomic E-state index is 6.31. The molecule has 0 bridgehead atoms. The molecule has 2 aromatic rings. The minimum Gasteiger partial charge on any atom is -0.480 e. The third-order valence-corrected chi connectivity index (χ3v) is 3.51. The Balaban J connectivity index is 2.47. The second kappa shape index (κ2) is 6.19. The van der Waals surface area contributed by atoms with Gasteiger partial charge in [0.2, 0.25) is 11.8 Å². The van der Waals surface area contributed by atoms with Gasteiger partial charge < -0.3 is 15.2 Å². The number of hydrogen-bond donors (Lipinski definition) is 1. The highest BCUT2D eigenvalue weighted by molar-refractivity contribution is 9.10. The number of aryl methyl sites for hydroxylation is 1. The van der Waals surface area contributed by atoms with Crippen molar-refractivity contribution in [2.45, 2.75) is 13.0 Å². The lowest BCUT2D eigenvalue weighted by Crippen LogP contribution is -2.17. The summed E-state index contributed by atoms with van der Waals surface area (Å²) in [7, 11) is 3.06. The highest BCUT2D eigenvalue weighted by atomic mass is 79.9. The van der Waals surface area contributed by atoms with Crippen LogP contribution in [-0.4, -0.2) is 24.2 Å². The normalized spacial score (nSPS) is 12.1. The number of aromatic nitrogens is 2. The average Bonchev–Trinajstić information content (AvgIpc) is 2.48. The van der Waals surface area contributed by atoms with E-state index < -0.39 is 6.04 Å². The Morgan fingerprint density at radius 3 is 2.65 bits per heavy atom. The zero-order valence-electron chi connectivity index (χ0n) is 11.6. The molecule has 0 amide bonds. The average molecular weight is 338 g/mol. The van der Waals surface area contributed by atoms with E-state index in [4.69, 9.17) is 15.2 Å². The van der Waals surface area contributed by atoms with Crippen LogP contribution in [0.1, 0.15) is 22.9 Å². The van der Waals surface area contributed by atoms with Gasteiger partial charge in [0.25, 0.3) is 0 Å². The summed E-state index contributed by atoms with van der Waals surface area (Å²) >= 11 is 3.45. The molecular formula is C14H16BrN3O2. The lowest BCUT2D eigenvalue weighted by atomic mass is 9.99. The Morgan fingerprint density at radius 1 is 1.25 bits per heavy atom. The number of benzene rings is 1. The number of nitrogens with two attached hydrogens (primary N) is 1. The first-order valence-electron chi connectivity index (χ1n) is 6.03. The molecule has 20 heavy (non-hydrogen) atoms. The van der Waals surface area contributed by atoms with Crippen LogP contribution in [0.3, 0.4) is 0 Å². The monoisotopic (exact) mass is 337 g/mol. The van der Waals surface area contributed by atoms with E-state index in [-0.39, 0.29) is 0 Å². The van der Waals surface area contributed by atoms with E-state index in [0.29, 0.717) is 17.5 Å². The van der Waals surface area contributed by atoms with E-state index in [0.717, 1.165) is 15.6 Å². The third-order valence-electron chi connectivity index (χ3n) is 3.02. The van der Waals surface area contributed by atoms with E-state index in [1.807, 2.05) is 25.1 Å². The molecular weight excluding hydrogens is 322 g/mol. The van der Waals surface area contributed by atoms with E-state index >= 15 is 0 Å². The van der Waals surface area contributed by atoms with Crippen LogP contribution in [0.15, 0.2) is 28.9 Å². The summed E-state index contributed by atoms with van der Waals surface area (Å²) in [5.41, 5.74) is 8.94. The number of hydrogen-bond acceptors (Lipinski definition) is 5. The van der Waals surface area contributed by atoms with E-state index in [2.05, 4.69) is 25.9 Å². The lowest BCUT2D eigenvalue weighted by Gasteiger charge is -2.17. The Kier molecular flexibility index (Phi) is 4.57. The van der Waals surface area contributed by atoms with Gasteiger partial charge in [-0.15, -0.1) is 0 Å². The first-order chi connectivity index (χ1) is 9.56. The third kappa shape index (κ3) is 2.91. The molecule has 0 radical (unpaired) electrons. The van der Waals surface area contributed by atoms with Gasteiger partial charge in [-0.1, -0.05) is 22.0 Å². The fourth-order valence-corrected chi connectivity index (χ4v) is 2.30. The fraction of sp³-hybridized carbons (Fsp3) is 0.286. The van der Waals surface area contributed by atoms with Gasteiger partial charge in [-0.3, -0.25) is 0 Å². The SMILES string of the molecule is COc1cnc(C(N)c2cc(Br)ccc2C)c(OC)n1. The summed E-state index contributed by atoms with van der Waals surface area (Å²) in [4.78, 5) is 8.52. The van der Waals surface area contributed by atoms with Crippen molar-refractivity contribution in [2.24, 2.45) is 5.73 Å². The molecule has 0 aliphatic heterocycles. The summed E-state index contributed by atoms with van der Waals surface area (Å²) in [5, 5.41) is 0. The van der Waals surface area contributed by atoms with Gasteiger partial charge in [0.1, 0.15) is 5.69 Å².